The van der Waals surface area contributed by atoms with E-state index in [0.29, 0.717) is 19.6 Å². The van der Waals surface area contributed by atoms with Gasteiger partial charge in [-0.05, 0) is 20.3 Å². The van der Waals surface area contributed by atoms with Gasteiger partial charge in [0, 0.05) is 56.2 Å². The van der Waals surface area contributed by atoms with Gasteiger partial charge in [0.15, 0.2) is 0 Å². The zero-order valence-electron chi connectivity index (χ0n) is 15.6. The van der Waals surface area contributed by atoms with Crippen molar-refractivity contribution < 1.29 is 9.53 Å². The van der Waals surface area contributed by atoms with Gasteiger partial charge >= 0.3 is 0 Å². The summed E-state index contributed by atoms with van der Waals surface area (Å²) in [5.74, 6) is 0.861. The second-order valence-corrected chi connectivity index (χ2v) is 8.33. The van der Waals surface area contributed by atoms with E-state index >= 15 is 0 Å². The minimum absolute atomic E-state index is 0.0549. The van der Waals surface area contributed by atoms with Gasteiger partial charge in [0.25, 0.3) is 0 Å². The lowest BCUT2D eigenvalue weighted by molar-refractivity contribution is -0.179. The van der Waals surface area contributed by atoms with Crippen molar-refractivity contribution in [2.24, 2.45) is 11.1 Å². The fourth-order valence-corrected chi connectivity index (χ4v) is 4.53. The third-order valence-corrected chi connectivity index (χ3v) is 6.65. The van der Waals surface area contributed by atoms with Gasteiger partial charge in [-0.2, -0.15) is 4.37 Å². The van der Waals surface area contributed by atoms with Crippen molar-refractivity contribution in [3.05, 3.63) is 5.82 Å². The van der Waals surface area contributed by atoms with Gasteiger partial charge in [-0.3, -0.25) is 4.79 Å². The van der Waals surface area contributed by atoms with Gasteiger partial charge in [0.2, 0.25) is 11.0 Å². The molecule has 1 saturated heterocycles. The molecule has 2 aliphatic rings. The number of hydrogen-bond acceptors (Lipinski definition) is 7. The van der Waals surface area contributed by atoms with E-state index in [0.717, 1.165) is 37.0 Å². The molecule has 3 rings (SSSR count). The Kier molecular flexibility index (Phi) is 5.05. The normalized spacial score (nSPS) is 29.2. The van der Waals surface area contributed by atoms with Gasteiger partial charge < -0.3 is 20.3 Å². The van der Waals surface area contributed by atoms with Crippen LogP contribution in [-0.2, 0) is 9.53 Å². The number of amides is 1. The summed E-state index contributed by atoms with van der Waals surface area (Å²) in [7, 11) is 0. The lowest BCUT2D eigenvalue weighted by atomic mass is 9.54. The fourth-order valence-electron chi connectivity index (χ4n) is 3.81. The lowest BCUT2D eigenvalue weighted by Gasteiger charge is -2.58. The number of nitrogens with zero attached hydrogens (tertiary/aromatic N) is 4. The SMILES string of the molecule is CCOC1CC(N)(C(=O)N2CCCN(c3nc(C)ns3)CC2)C1(C)C. The summed E-state index contributed by atoms with van der Waals surface area (Å²) in [4.78, 5) is 21.8. The number of carbonyl (C=O) groups excluding carboxylic acids is 1. The summed E-state index contributed by atoms with van der Waals surface area (Å²) < 4.78 is 10.0. The first-order valence-electron chi connectivity index (χ1n) is 9.04. The highest BCUT2D eigenvalue weighted by Crippen LogP contribution is 2.50. The molecule has 2 N–H and O–H groups in total. The molecule has 0 radical (unpaired) electrons. The van der Waals surface area contributed by atoms with Crippen molar-refractivity contribution in [1.29, 1.82) is 0 Å². The number of anilines is 1. The molecule has 1 aromatic rings. The predicted octanol–water partition coefficient (Wildman–Crippen LogP) is 1.42. The second-order valence-electron chi connectivity index (χ2n) is 7.60. The lowest BCUT2D eigenvalue weighted by Crippen LogP contribution is -2.76. The van der Waals surface area contributed by atoms with Crippen LogP contribution in [0.15, 0.2) is 0 Å². The number of carbonyl (C=O) groups is 1. The summed E-state index contributed by atoms with van der Waals surface area (Å²) in [6.07, 6.45) is 1.57. The summed E-state index contributed by atoms with van der Waals surface area (Å²) in [6.45, 7) is 11.7. The minimum Gasteiger partial charge on any atom is -0.378 e. The fraction of sp³-hybridized carbons (Fsp3) is 0.824. The number of ether oxygens (including phenoxy) is 1. The maximum Gasteiger partial charge on any atom is 0.243 e. The van der Waals surface area contributed by atoms with Gasteiger partial charge in [-0.25, -0.2) is 4.98 Å². The van der Waals surface area contributed by atoms with E-state index in [9.17, 15) is 4.79 Å². The van der Waals surface area contributed by atoms with E-state index in [-0.39, 0.29) is 17.4 Å². The van der Waals surface area contributed by atoms with E-state index in [1.54, 1.807) is 0 Å². The zero-order chi connectivity index (χ0) is 18.2. The van der Waals surface area contributed by atoms with E-state index in [4.69, 9.17) is 10.5 Å². The summed E-state index contributed by atoms with van der Waals surface area (Å²) in [5, 5.41) is 0.939. The molecule has 0 aromatic carbocycles. The van der Waals surface area contributed by atoms with Crippen LogP contribution in [0.4, 0.5) is 5.13 Å². The predicted molar refractivity (Wildman–Crippen MR) is 98.8 cm³/mol. The maximum absolute atomic E-state index is 13.2. The molecule has 1 aliphatic heterocycles. The highest BCUT2D eigenvalue weighted by molar-refractivity contribution is 7.09. The molecule has 1 aromatic heterocycles. The van der Waals surface area contributed by atoms with E-state index in [2.05, 4.69) is 14.3 Å². The second kappa shape index (κ2) is 6.81. The summed E-state index contributed by atoms with van der Waals surface area (Å²) in [6, 6.07) is 0. The Balaban J connectivity index is 1.65. The quantitative estimate of drug-likeness (QED) is 0.866. The third-order valence-electron chi connectivity index (χ3n) is 5.78. The number of hydrogen-bond donors (Lipinski definition) is 1. The maximum atomic E-state index is 13.2. The van der Waals surface area contributed by atoms with Crippen LogP contribution < -0.4 is 10.6 Å². The van der Waals surface area contributed by atoms with Gasteiger partial charge in [0.05, 0.1) is 6.10 Å². The van der Waals surface area contributed by atoms with Crippen molar-refractivity contribution in [3.63, 3.8) is 0 Å². The number of nitrogens with two attached hydrogens (primary N) is 1. The van der Waals surface area contributed by atoms with Crippen LogP contribution >= 0.6 is 11.5 Å². The Bertz CT molecular complexity index is 634. The molecule has 7 nitrogen and oxygen atoms in total. The zero-order valence-corrected chi connectivity index (χ0v) is 16.4. The molecule has 1 aliphatic carbocycles. The number of aromatic nitrogens is 2. The Morgan fingerprint density at radius 1 is 1.36 bits per heavy atom. The van der Waals surface area contributed by atoms with Crippen molar-refractivity contribution >= 4 is 22.6 Å². The van der Waals surface area contributed by atoms with Crippen molar-refractivity contribution in [2.75, 3.05) is 37.7 Å². The molecule has 2 atom stereocenters. The molecule has 8 heteroatoms. The molecule has 2 heterocycles. The van der Waals surface area contributed by atoms with Gasteiger partial charge in [0.1, 0.15) is 11.4 Å². The molecule has 25 heavy (non-hydrogen) atoms. The number of aryl methyl sites for hydroxylation is 1. The van der Waals surface area contributed by atoms with E-state index in [1.165, 1.54) is 11.5 Å². The molecule has 0 spiro atoms. The highest BCUT2D eigenvalue weighted by Gasteiger charge is 2.63. The topological polar surface area (TPSA) is 84.6 Å². The van der Waals surface area contributed by atoms with Crippen LogP contribution in [0.2, 0.25) is 0 Å². The standard InChI is InChI=1S/C17H29N5O2S/c1-5-24-13-11-17(18,16(13,3)4)14(23)21-7-6-8-22(10-9-21)15-19-12(2)20-25-15/h13H,5-11,18H2,1-4H3. The van der Waals surface area contributed by atoms with Gasteiger partial charge in [-0.1, -0.05) is 13.8 Å². The highest BCUT2D eigenvalue weighted by atomic mass is 32.1. The van der Waals surface area contributed by atoms with Crippen LogP contribution in [0.1, 0.15) is 39.4 Å². The van der Waals surface area contributed by atoms with Crippen LogP contribution in [0.25, 0.3) is 0 Å². The van der Waals surface area contributed by atoms with Crippen LogP contribution in [0, 0.1) is 12.3 Å². The van der Waals surface area contributed by atoms with E-state index in [1.807, 2.05) is 32.6 Å². The molecular formula is C17H29N5O2S. The smallest absolute Gasteiger partial charge is 0.243 e. The third kappa shape index (κ3) is 3.15. The first-order chi connectivity index (χ1) is 11.8. The minimum atomic E-state index is -0.832. The van der Waals surface area contributed by atoms with Crippen LogP contribution in [-0.4, -0.2) is 64.6 Å². The largest absolute Gasteiger partial charge is 0.378 e. The van der Waals surface area contributed by atoms with Crippen molar-refractivity contribution in [2.45, 2.75) is 52.2 Å². The molecule has 1 saturated carbocycles. The van der Waals surface area contributed by atoms with Crippen molar-refractivity contribution in [3.8, 4) is 0 Å². The molecule has 2 fully saturated rings. The van der Waals surface area contributed by atoms with Crippen LogP contribution in [0.3, 0.4) is 0 Å². The Hall–Kier alpha value is -1.25. The Morgan fingerprint density at radius 3 is 2.72 bits per heavy atom. The average molecular weight is 368 g/mol. The van der Waals surface area contributed by atoms with Crippen LogP contribution in [0.5, 0.6) is 0 Å². The Morgan fingerprint density at radius 2 is 2.12 bits per heavy atom. The first-order valence-corrected chi connectivity index (χ1v) is 9.82. The monoisotopic (exact) mass is 367 g/mol. The summed E-state index contributed by atoms with van der Waals surface area (Å²) >= 11 is 1.42. The molecular weight excluding hydrogens is 338 g/mol. The van der Waals surface area contributed by atoms with E-state index < -0.39 is 5.54 Å². The molecule has 0 bridgehead atoms. The molecule has 140 valence electrons. The summed E-state index contributed by atoms with van der Waals surface area (Å²) in [5.41, 5.74) is 5.39. The average Bonchev–Trinajstić information content (AvgIpc) is 2.86. The first kappa shape index (κ1) is 18.5. The van der Waals surface area contributed by atoms with Gasteiger partial charge in [-0.15, -0.1) is 0 Å². The Labute approximate surface area is 153 Å². The number of rotatable bonds is 4. The van der Waals surface area contributed by atoms with Crippen molar-refractivity contribution in [1.82, 2.24) is 14.3 Å². The molecule has 1 amide bonds. The molecule has 2 unspecified atom stereocenters.